The quantitative estimate of drug-likeness (QED) is 0.327. The van der Waals surface area contributed by atoms with E-state index in [0.29, 0.717) is 6.29 Å². The normalized spacial score (nSPS) is 9.25. The van der Waals surface area contributed by atoms with Gasteiger partial charge in [0.05, 0.1) is 14.2 Å². The Kier molecular flexibility index (Phi) is 4.67. The number of rotatable bonds is 4. The molecule has 0 saturated heterocycles. The minimum Gasteiger partial charge on any atom is -0.468 e. The zero-order chi connectivity index (χ0) is 9.56. The molecule has 0 amide bonds. The van der Waals surface area contributed by atoms with Gasteiger partial charge in [-0.05, 0) is 0 Å². The summed E-state index contributed by atoms with van der Waals surface area (Å²) in [5.41, 5.74) is 0. The molecule has 0 aliphatic rings. The fourth-order valence-corrected chi connectivity index (χ4v) is 0.669. The molecule has 0 unspecified atom stereocenters. The molecule has 0 aliphatic carbocycles. The highest BCUT2D eigenvalue weighted by Gasteiger charge is 2.27. The topological polar surface area (TPSA) is 69.7 Å². The summed E-state index contributed by atoms with van der Waals surface area (Å²) >= 11 is 0. The van der Waals surface area contributed by atoms with Crippen molar-refractivity contribution in [1.29, 1.82) is 0 Å². The average Bonchev–Trinajstić information content (AvgIpc) is 2.11. The Labute approximate surface area is 69.6 Å². The molecular weight excluding hydrogens is 164 g/mol. The molecule has 5 nitrogen and oxygen atoms in total. The van der Waals surface area contributed by atoms with Crippen LogP contribution in [0, 0.1) is 5.92 Å². The van der Waals surface area contributed by atoms with Crippen LogP contribution in [0.15, 0.2) is 0 Å². The highest BCUT2D eigenvalue weighted by atomic mass is 16.5. The smallest absolute Gasteiger partial charge is 0.320 e. The van der Waals surface area contributed by atoms with Gasteiger partial charge in [-0.1, -0.05) is 0 Å². The summed E-state index contributed by atoms with van der Waals surface area (Å²) in [6.07, 6.45) is 0.262. The van der Waals surface area contributed by atoms with Crippen LogP contribution in [0.4, 0.5) is 0 Å². The van der Waals surface area contributed by atoms with Crippen LogP contribution >= 0.6 is 0 Å². The Bertz CT molecular complexity index is 170. The van der Waals surface area contributed by atoms with Gasteiger partial charge in [0.25, 0.3) is 0 Å². The van der Waals surface area contributed by atoms with Gasteiger partial charge in [-0.3, -0.25) is 9.59 Å². The first-order valence-corrected chi connectivity index (χ1v) is 3.26. The third kappa shape index (κ3) is 2.69. The van der Waals surface area contributed by atoms with Gasteiger partial charge in [0.15, 0.2) is 5.92 Å². The van der Waals surface area contributed by atoms with E-state index in [2.05, 4.69) is 9.47 Å². The third-order valence-corrected chi connectivity index (χ3v) is 1.30. The second kappa shape index (κ2) is 5.29. The second-order valence-electron chi connectivity index (χ2n) is 2.00. The number of methoxy groups -OCH3 is 2. The van der Waals surface area contributed by atoms with Crippen LogP contribution in [-0.4, -0.2) is 32.4 Å². The molecule has 0 spiro atoms. The van der Waals surface area contributed by atoms with Crippen molar-refractivity contribution in [1.82, 2.24) is 0 Å². The maximum atomic E-state index is 10.8. The molecule has 5 heteroatoms. The fraction of sp³-hybridized carbons (Fsp3) is 0.571. The summed E-state index contributed by atoms with van der Waals surface area (Å²) in [7, 11) is 2.28. The number of ether oxygens (including phenoxy) is 2. The Morgan fingerprint density at radius 1 is 1.25 bits per heavy atom. The summed E-state index contributed by atoms with van der Waals surface area (Å²) in [5, 5.41) is 0. The molecule has 0 saturated carbocycles. The van der Waals surface area contributed by atoms with Crippen LogP contribution in [0.1, 0.15) is 6.42 Å². The number of hydrogen-bond acceptors (Lipinski definition) is 5. The zero-order valence-electron chi connectivity index (χ0n) is 6.90. The van der Waals surface area contributed by atoms with Crippen molar-refractivity contribution in [3.63, 3.8) is 0 Å². The first-order valence-electron chi connectivity index (χ1n) is 3.26. The first kappa shape index (κ1) is 10.6. The summed E-state index contributed by atoms with van der Waals surface area (Å²) in [6, 6.07) is 0. The lowest BCUT2D eigenvalue weighted by molar-refractivity contribution is -0.159. The Morgan fingerprint density at radius 2 is 1.67 bits per heavy atom. The zero-order valence-corrected chi connectivity index (χ0v) is 6.90. The molecule has 68 valence electrons. The number of esters is 2. The minimum atomic E-state index is -1.13. The summed E-state index contributed by atoms with van der Waals surface area (Å²) in [5.74, 6) is -2.64. The molecule has 0 aromatic rings. The molecule has 0 heterocycles. The predicted molar refractivity (Wildman–Crippen MR) is 38.2 cm³/mol. The van der Waals surface area contributed by atoms with Gasteiger partial charge in [0.1, 0.15) is 6.29 Å². The van der Waals surface area contributed by atoms with E-state index in [1.165, 1.54) is 0 Å². The molecule has 0 N–H and O–H groups in total. The lowest BCUT2D eigenvalue weighted by Gasteiger charge is -2.07. The van der Waals surface area contributed by atoms with E-state index in [9.17, 15) is 14.4 Å². The van der Waals surface area contributed by atoms with Crippen LogP contribution < -0.4 is 0 Å². The summed E-state index contributed by atoms with van der Waals surface area (Å²) in [6.45, 7) is 0. The van der Waals surface area contributed by atoms with Crippen molar-refractivity contribution >= 4 is 18.2 Å². The molecule has 0 rings (SSSR count). The lowest BCUT2D eigenvalue weighted by Crippen LogP contribution is -2.26. The van der Waals surface area contributed by atoms with Crippen molar-refractivity contribution in [3.8, 4) is 0 Å². The van der Waals surface area contributed by atoms with E-state index in [0.717, 1.165) is 14.2 Å². The van der Waals surface area contributed by atoms with Crippen molar-refractivity contribution in [3.05, 3.63) is 0 Å². The molecule has 0 aromatic carbocycles. The summed E-state index contributed by atoms with van der Waals surface area (Å²) < 4.78 is 8.58. The molecule has 0 atom stereocenters. The summed E-state index contributed by atoms with van der Waals surface area (Å²) in [4.78, 5) is 31.7. The van der Waals surface area contributed by atoms with Gasteiger partial charge in [0, 0.05) is 6.42 Å². The largest absolute Gasteiger partial charge is 0.468 e. The van der Waals surface area contributed by atoms with Crippen molar-refractivity contribution in [2.45, 2.75) is 6.42 Å². The van der Waals surface area contributed by atoms with Crippen LogP contribution in [0.3, 0.4) is 0 Å². The number of aldehydes is 1. The van der Waals surface area contributed by atoms with Gasteiger partial charge in [-0.15, -0.1) is 0 Å². The minimum absolute atomic E-state index is 0.209. The monoisotopic (exact) mass is 174 g/mol. The van der Waals surface area contributed by atoms with Crippen LogP contribution in [-0.2, 0) is 23.9 Å². The second-order valence-corrected chi connectivity index (χ2v) is 2.00. The first-order chi connectivity index (χ1) is 5.67. The van der Waals surface area contributed by atoms with Gasteiger partial charge < -0.3 is 14.3 Å². The average molecular weight is 174 g/mol. The molecule has 0 aliphatic heterocycles. The maximum Gasteiger partial charge on any atom is 0.320 e. The predicted octanol–water partition coefficient (Wildman–Crippen LogP) is -0.462. The van der Waals surface area contributed by atoms with Gasteiger partial charge >= 0.3 is 11.9 Å². The van der Waals surface area contributed by atoms with Crippen LogP contribution in [0.25, 0.3) is 0 Å². The van der Waals surface area contributed by atoms with Gasteiger partial charge in [0.2, 0.25) is 0 Å². The molecule has 0 radical (unpaired) electrons. The maximum absolute atomic E-state index is 10.8. The molecule has 0 bridgehead atoms. The third-order valence-electron chi connectivity index (χ3n) is 1.30. The van der Waals surface area contributed by atoms with Crippen LogP contribution in [0.5, 0.6) is 0 Å². The highest BCUT2D eigenvalue weighted by Crippen LogP contribution is 2.05. The van der Waals surface area contributed by atoms with E-state index in [4.69, 9.17) is 0 Å². The van der Waals surface area contributed by atoms with Gasteiger partial charge in [-0.2, -0.15) is 0 Å². The van der Waals surface area contributed by atoms with Gasteiger partial charge in [-0.25, -0.2) is 0 Å². The standard InChI is InChI=1S/C7H10O5/c1-11-6(9)5(3-4-8)7(10)12-2/h4-5H,3H2,1-2H3. The van der Waals surface area contributed by atoms with Crippen LogP contribution in [0.2, 0.25) is 0 Å². The van der Waals surface area contributed by atoms with Crippen molar-refractivity contribution in [2.75, 3.05) is 14.2 Å². The van der Waals surface area contributed by atoms with Crippen molar-refractivity contribution in [2.24, 2.45) is 5.92 Å². The SMILES string of the molecule is COC(=O)C(CC=O)C(=O)OC. The molecular formula is C7H10O5. The highest BCUT2D eigenvalue weighted by molar-refractivity contribution is 5.96. The van der Waals surface area contributed by atoms with E-state index < -0.39 is 17.9 Å². The number of hydrogen-bond donors (Lipinski definition) is 0. The molecule has 12 heavy (non-hydrogen) atoms. The van der Waals surface area contributed by atoms with E-state index in [1.807, 2.05) is 0 Å². The number of carbonyl (C=O) groups excluding carboxylic acids is 3. The molecule has 0 aromatic heterocycles. The van der Waals surface area contributed by atoms with E-state index in [1.54, 1.807) is 0 Å². The van der Waals surface area contributed by atoms with E-state index in [-0.39, 0.29) is 6.42 Å². The van der Waals surface area contributed by atoms with Crippen molar-refractivity contribution < 1.29 is 23.9 Å². The Morgan fingerprint density at radius 3 is 1.92 bits per heavy atom. The molecule has 0 fully saturated rings. The number of carbonyl (C=O) groups is 3. The Balaban J connectivity index is 4.31. The fourth-order valence-electron chi connectivity index (χ4n) is 0.669. The van der Waals surface area contributed by atoms with E-state index >= 15 is 0 Å². The lowest BCUT2D eigenvalue weighted by atomic mass is 10.1. The Hall–Kier alpha value is -1.39.